The summed E-state index contributed by atoms with van der Waals surface area (Å²) in [5.74, 6) is 0. The Labute approximate surface area is 85.1 Å². The van der Waals surface area contributed by atoms with Gasteiger partial charge in [0, 0.05) is 11.9 Å². The zero-order valence-electron chi connectivity index (χ0n) is 7.30. The van der Waals surface area contributed by atoms with E-state index < -0.39 is 0 Å². The van der Waals surface area contributed by atoms with Crippen LogP contribution in [0.2, 0.25) is 0 Å². The highest BCUT2D eigenvalue weighted by Gasteiger charge is 2.01. The largest absolute Gasteiger partial charge is 0.449 e. The normalized spacial score (nSPS) is 10.9. The Bertz CT molecular complexity index is 422. The molecule has 1 aromatic carbocycles. The maximum atomic E-state index is 5.44. The molecule has 0 saturated carbocycles. The van der Waals surface area contributed by atoms with Gasteiger partial charge in [0.05, 0.1) is 0 Å². The van der Waals surface area contributed by atoms with Gasteiger partial charge < -0.3 is 9.73 Å². The third-order valence-corrected chi connectivity index (χ3v) is 2.33. The first kappa shape index (κ1) is 8.78. The minimum atomic E-state index is 0.782. The van der Waals surface area contributed by atoms with Crippen LogP contribution in [-0.2, 0) is 6.54 Å². The Morgan fingerprint density at radius 3 is 3.00 bits per heavy atom. The first-order valence-electron chi connectivity index (χ1n) is 4.12. The van der Waals surface area contributed by atoms with Crippen molar-refractivity contribution in [3.63, 3.8) is 0 Å². The molecule has 2 rings (SSSR count). The number of furan rings is 1. The van der Waals surface area contributed by atoms with Gasteiger partial charge in [-0.15, -0.1) is 0 Å². The van der Waals surface area contributed by atoms with Crippen LogP contribution < -0.4 is 5.32 Å². The van der Waals surface area contributed by atoms with Crippen molar-refractivity contribution < 1.29 is 4.42 Å². The molecule has 3 heteroatoms. The fraction of sp³-hybridized carbons (Fsp3) is 0.200. The Balaban J connectivity index is 2.48. The third-order valence-electron chi connectivity index (χ3n) is 1.94. The van der Waals surface area contributed by atoms with E-state index in [1.807, 2.05) is 13.1 Å². The third kappa shape index (κ3) is 1.76. The van der Waals surface area contributed by atoms with E-state index in [-0.39, 0.29) is 0 Å². The van der Waals surface area contributed by atoms with Crippen LogP contribution in [0.3, 0.4) is 0 Å². The molecule has 0 spiro atoms. The summed E-state index contributed by atoms with van der Waals surface area (Å²) in [5, 5.41) is 4.23. The molecule has 68 valence electrons. The zero-order chi connectivity index (χ0) is 9.26. The lowest BCUT2D eigenvalue weighted by Crippen LogP contribution is -2.04. The second-order valence-corrected chi connectivity index (χ2v) is 3.73. The molecule has 0 radical (unpaired) electrons. The second-order valence-electron chi connectivity index (χ2n) is 2.95. The number of nitrogens with one attached hydrogen (secondary N) is 1. The number of benzene rings is 1. The average Bonchev–Trinajstić information content (AvgIpc) is 2.44. The summed E-state index contributed by atoms with van der Waals surface area (Å²) in [6.45, 7) is 0.869. The minimum absolute atomic E-state index is 0.782. The van der Waals surface area contributed by atoms with Crippen molar-refractivity contribution in [2.24, 2.45) is 0 Å². The molecule has 1 aromatic heterocycles. The predicted molar refractivity (Wildman–Crippen MR) is 56.7 cm³/mol. The van der Waals surface area contributed by atoms with Gasteiger partial charge in [-0.05, 0) is 40.7 Å². The van der Waals surface area contributed by atoms with Gasteiger partial charge in [-0.1, -0.05) is 12.1 Å². The molecule has 1 heterocycles. The molecule has 2 aromatic rings. The van der Waals surface area contributed by atoms with Gasteiger partial charge in [0.1, 0.15) is 5.58 Å². The number of rotatable bonds is 2. The summed E-state index contributed by atoms with van der Waals surface area (Å²) in [7, 11) is 1.93. The fourth-order valence-electron chi connectivity index (χ4n) is 1.36. The van der Waals surface area contributed by atoms with Crippen LogP contribution in [0.15, 0.2) is 33.4 Å². The Morgan fingerprint density at radius 1 is 1.38 bits per heavy atom. The van der Waals surface area contributed by atoms with Crippen molar-refractivity contribution in [1.82, 2.24) is 5.32 Å². The van der Waals surface area contributed by atoms with Crippen LogP contribution >= 0.6 is 15.9 Å². The van der Waals surface area contributed by atoms with Crippen LogP contribution in [0.1, 0.15) is 5.56 Å². The summed E-state index contributed by atoms with van der Waals surface area (Å²) in [5.41, 5.74) is 2.16. The quantitative estimate of drug-likeness (QED) is 0.872. The fourth-order valence-corrected chi connectivity index (χ4v) is 1.78. The maximum Gasteiger partial charge on any atom is 0.170 e. The van der Waals surface area contributed by atoms with Crippen LogP contribution in [0.4, 0.5) is 0 Å². The molecule has 0 aliphatic heterocycles. The van der Waals surface area contributed by atoms with Gasteiger partial charge >= 0.3 is 0 Å². The number of fused-ring (bicyclic) bond motifs is 1. The summed E-state index contributed by atoms with van der Waals surface area (Å²) >= 11 is 3.31. The van der Waals surface area contributed by atoms with Gasteiger partial charge in [-0.3, -0.25) is 0 Å². The molecule has 0 atom stereocenters. The number of hydrogen-bond donors (Lipinski definition) is 1. The molecule has 1 N–H and O–H groups in total. The molecule has 0 aliphatic rings. The molecule has 2 nitrogen and oxygen atoms in total. The molecule has 0 amide bonds. The molecule has 0 saturated heterocycles. The van der Waals surface area contributed by atoms with Crippen LogP contribution in [0, 0.1) is 0 Å². The van der Waals surface area contributed by atoms with E-state index in [0.29, 0.717) is 0 Å². The predicted octanol–water partition coefficient (Wildman–Crippen LogP) is 2.91. The van der Waals surface area contributed by atoms with E-state index in [1.54, 1.807) is 0 Å². The molecule has 0 unspecified atom stereocenters. The number of hydrogen-bond acceptors (Lipinski definition) is 2. The number of halogens is 1. The molecular weight excluding hydrogens is 230 g/mol. The van der Waals surface area contributed by atoms with Crippen molar-refractivity contribution in [2.45, 2.75) is 6.54 Å². The van der Waals surface area contributed by atoms with Gasteiger partial charge in [0.15, 0.2) is 4.67 Å². The van der Waals surface area contributed by atoms with Crippen molar-refractivity contribution in [2.75, 3.05) is 7.05 Å². The maximum absolute atomic E-state index is 5.44. The standard InChI is InChI=1S/C10H10BrNO/c1-12-6-7-2-3-8-5-10(11)13-9(8)4-7/h2-5,12H,6H2,1H3. The lowest BCUT2D eigenvalue weighted by molar-refractivity contribution is 0.586. The summed E-state index contributed by atoms with van der Waals surface area (Å²) in [6, 6.07) is 8.19. The van der Waals surface area contributed by atoms with Gasteiger partial charge in [-0.2, -0.15) is 0 Å². The van der Waals surface area contributed by atoms with Crippen LogP contribution in [-0.4, -0.2) is 7.05 Å². The van der Waals surface area contributed by atoms with Crippen molar-refractivity contribution in [1.29, 1.82) is 0 Å². The summed E-state index contributed by atoms with van der Waals surface area (Å²) in [6.07, 6.45) is 0. The SMILES string of the molecule is CNCc1ccc2cc(Br)oc2c1. The highest BCUT2D eigenvalue weighted by atomic mass is 79.9. The lowest BCUT2D eigenvalue weighted by Gasteiger charge is -1.98. The van der Waals surface area contributed by atoms with E-state index in [9.17, 15) is 0 Å². The Hall–Kier alpha value is -0.800. The smallest absolute Gasteiger partial charge is 0.170 e. The van der Waals surface area contributed by atoms with E-state index in [0.717, 1.165) is 22.2 Å². The zero-order valence-corrected chi connectivity index (χ0v) is 8.89. The van der Waals surface area contributed by atoms with E-state index in [4.69, 9.17) is 4.42 Å². The molecule has 0 aliphatic carbocycles. The second kappa shape index (κ2) is 3.52. The van der Waals surface area contributed by atoms with Gasteiger partial charge in [0.2, 0.25) is 0 Å². The summed E-state index contributed by atoms with van der Waals surface area (Å²) in [4.78, 5) is 0. The lowest BCUT2D eigenvalue weighted by atomic mass is 10.2. The van der Waals surface area contributed by atoms with E-state index in [2.05, 4.69) is 39.4 Å². The molecule has 0 bridgehead atoms. The van der Waals surface area contributed by atoms with Crippen LogP contribution in [0.25, 0.3) is 11.0 Å². The van der Waals surface area contributed by atoms with Gasteiger partial charge in [0.25, 0.3) is 0 Å². The van der Waals surface area contributed by atoms with E-state index in [1.165, 1.54) is 5.56 Å². The van der Waals surface area contributed by atoms with Crippen molar-refractivity contribution >= 4 is 26.9 Å². The highest BCUT2D eigenvalue weighted by molar-refractivity contribution is 9.10. The Kier molecular flexibility index (Phi) is 2.38. The molecule has 13 heavy (non-hydrogen) atoms. The average molecular weight is 240 g/mol. The minimum Gasteiger partial charge on any atom is -0.449 e. The summed E-state index contributed by atoms with van der Waals surface area (Å²) < 4.78 is 6.23. The topological polar surface area (TPSA) is 25.2 Å². The Morgan fingerprint density at radius 2 is 2.23 bits per heavy atom. The van der Waals surface area contributed by atoms with Crippen molar-refractivity contribution in [3.8, 4) is 0 Å². The first-order valence-corrected chi connectivity index (χ1v) is 4.91. The highest BCUT2D eigenvalue weighted by Crippen LogP contribution is 2.24. The van der Waals surface area contributed by atoms with Gasteiger partial charge in [-0.25, -0.2) is 0 Å². The first-order chi connectivity index (χ1) is 6.29. The molecule has 0 fully saturated rings. The monoisotopic (exact) mass is 239 g/mol. The van der Waals surface area contributed by atoms with Crippen molar-refractivity contribution in [3.05, 3.63) is 34.5 Å². The van der Waals surface area contributed by atoms with Crippen LogP contribution in [0.5, 0.6) is 0 Å². The van der Waals surface area contributed by atoms with E-state index >= 15 is 0 Å². The molecular formula is C10H10BrNO.